The number of nitrogens with zero attached hydrogens (tertiary/aromatic N) is 1. The Hall–Kier alpha value is -0.900. The van der Waals surface area contributed by atoms with Gasteiger partial charge in [0.25, 0.3) is 0 Å². The Morgan fingerprint density at radius 3 is 2.32 bits per heavy atom. The standard InChI is InChI=1S/C16H25NO2/c1-13(11-18)16(8-9-17(16)14(2)12-19)10-15-6-4-3-5-7-15/h3-7,13-14,18-19H,8-12H2,1-2H3/t13-,14+,16?/m0/s1. The second-order valence-corrected chi connectivity index (χ2v) is 5.82. The molecule has 1 aliphatic rings. The number of benzene rings is 1. The van der Waals surface area contributed by atoms with Gasteiger partial charge in [0.15, 0.2) is 0 Å². The minimum atomic E-state index is -0.00174. The van der Waals surface area contributed by atoms with Gasteiger partial charge in [0.1, 0.15) is 0 Å². The Morgan fingerprint density at radius 2 is 1.84 bits per heavy atom. The van der Waals surface area contributed by atoms with Gasteiger partial charge >= 0.3 is 0 Å². The van der Waals surface area contributed by atoms with Gasteiger partial charge in [-0.1, -0.05) is 37.3 Å². The molecule has 1 unspecified atom stereocenters. The van der Waals surface area contributed by atoms with Gasteiger partial charge < -0.3 is 10.2 Å². The van der Waals surface area contributed by atoms with Crippen LogP contribution >= 0.6 is 0 Å². The third kappa shape index (κ3) is 2.69. The van der Waals surface area contributed by atoms with Crippen LogP contribution in [-0.4, -0.2) is 46.5 Å². The van der Waals surface area contributed by atoms with Crippen molar-refractivity contribution in [3.8, 4) is 0 Å². The SMILES string of the molecule is C[C@H](CO)N1CCC1(Cc1ccccc1)[C@@H](C)CO. The monoisotopic (exact) mass is 263 g/mol. The summed E-state index contributed by atoms with van der Waals surface area (Å²) in [6.45, 7) is 5.55. The third-order valence-corrected chi connectivity index (χ3v) is 4.70. The van der Waals surface area contributed by atoms with Crippen molar-refractivity contribution in [2.24, 2.45) is 5.92 Å². The van der Waals surface area contributed by atoms with E-state index in [0.717, 1.165) is 19.4 Å². The smallest absolute Gasteiger partial charge is 0.0584 e. The second kappa shape index (κ2) is 6.04. The zero-order valence-electron chi connectivity index (χ0n) is 11.9. The summed E-state index contributed by atoms with van der Waals surface area (Å²) < 4.78 is 0. The van der Waals surface area contributed by atoms with Gasteiger partial charge in [0.05, 0.1) is 6.61 Å². The summed E-state index contributed by atoms with van der Waals surface area (Å²) in [6, 6.07) is 10.6. The van der Waals surface area contributed by atoms with Crippen molar-refractivity contribution in [1.82, 2.24) is 4.90 Å². The molecule has 1 heterocycles. The Bertz CT molecular complexity index is 395. The Labute approximate surface area is 115 Å². The summed E-state index contributed by atoms with van der Waals surface area (Å²) in [5, 5.41) is 19.0. The molecule has 0 amide bonds. The van der Waals surface area contributed by atoms with E-state index in [1.807, 2.05) is 6.07 Å². The highest BCUT2D eigenvalue weighted by atomic mass is 16.3. The molecule has 3 nitrogen and oxygen atoms in total. The molecule has 3 heteroatoms. The van der Waals surface area contributed by atoms with Crippen LogP contribution in [0.5, 0.6) is 0 Å². The normalized spacial score (nSPS) is 26.7. The van der Waals surface area contributed by atoms with E-state index in [0.29, 0.717) is 0 Å². The zero-order valence-corrected chi connectivity index (χ0v) is 11.9. The van der Waals surface area contributed by atoms with E-state index in [1.165, 1.54) is 5.56 Å². The minimum Gasteiger partial charge on any atom is -0.396 e. The first-order chi connectivity index (χ1) is 9.14. The predicted molar refractivity (Wildman–Crippen MR) is 77.0 cm³/mol. The number of hydrogen-bond acceptors (Lipinski definition) is 3. The van der Waals surface area contributed by atoms with E-state index >= 15 is 0 Å². The van der Waals surface area contributed by atoms with Gasteiger partial charge in [-0.05, 0) is 31.2 Å². The van der Waals surface area contributed by atoms with Gasteiger partial charge in [-0.25, -0.2) is 0 Å². The molecule has 0 bridgehead atoms. The Balaban J connectivity index is 2.21. The average Bonchev–Trinajstić information content (AvgIpc) is 2.43. The summed E-state index contributed by atoms with van der Waals surface area (Å²) in [5.74, 6) is 0.218. The first-order valence-corrected chi connectivity index (χ1v) is 7.16. The van der Waals surface area contributed by atoms with Crippen molar-refractivity contribution in [2.75, 3.05) is 19.8 Å². The van der Waals surface area contributed by atoms with Gasteiger partial charge in [-0.15, -0.1) is 0 Å². The van der Waals surface area contributed by atoms with Crippen LogP contribution in [-0.2, 0) is 6.42 Å². The lowest BCUT2D eigenvalue weighted by molar-refractivity contribution is -0.102. The number of hydrogen-bond donors (Lipinski definition) is 2. The Kier molecular flexibility index (Phi) is 4.61. The molecule has 3 atom stereocenters. The predicted octanol–water partition coefficient (Wildman–Crippen LogP) is 1.68. The highest BCUT2D eigenvalue weighted by molar-refractivity contribution is 5.21. The molecule has 0 spiro atoms. The first kappa shape index (κ1) is 14.5. The van der Waals surface area contributed by atoms with Crippen LogP contribution < -0.4 is 0 Å². The second-order valence-electron chi connectivity index (χ2n) is 5.82. The molecule has 1 fully saturated rings. The number of aliphatic hydroxyl groups excluding tert-OH is 2. The van der Waals surface area contributed by atoms with Crippen LogP contribution in [0.15, 0.2) is 30.3 Å². The fourth-order valence-electron chi connectivity index (χ4n) is 3.30. The largest absolute Gasteiger partial charge is 0.396 e. The Morgan fingerprint density at radius 1 is 1.16 bits per heavy atom. The average molecular weight is 263 g/mol. The molecular weight excluding hydrogens is 238 g/mol. The van der Waals surface area contributed by atoms with Gasteiger partial charge in [-0.3, -0.25) is 4.90 Å². The van der Waals surface area contributed by atoms with E-state index in [-0.39, 0.29) is 30.7 Å². The van der Waals surface area contributed by atoms with Crippen LogP contribution in [0.25, 0.3) is 0 Å². The lowest BCUT2D eigenvalue weighted by Gasteiger charge is -2.58. The number of aliphatic hydroxyl groups is 2. The van der Waals surface area contributed by atoms with Crippen molar-refractivity contribution >= 4 is 0 Å². The molecule has 1 aromatic rings. The summed E-state index contributed by atoms with van der Waals surface area (Å²) in [6.07, 6.45) is 2.04. The number of likely N-dealkylation sites (tertiary alicyclic amines) is 1. The van der Waals surface area contributed by atoms with Crippen LogP contribution in [0.1, 0.15) is 25.8 Å². The van der Waals surface area contributed by atoms with Gasteiger partial charge in [0.2, 0.25) is 0 Å². The van der Waals surface area contributed by atoms with E-state index in [4.69, 9.17) is 0 Å². The highest BCUT2D eigenvalue weighted by Gasteiger charge is 2.49. The lowest BCUT2D eigenvalue weighted by atomic mass is 9.70. The van der Waals surface area contributed by atoms with Gasteiger partial charge in [0, 0.05) is 24.7 Å². The van der Waals surface area contributed by atoms with Gasteiger partial charge in [-0.2, -0.15) is 0 Å². The van der Waals surface area contributed by atoms with Crippen molar-refractivity contribution in [2.45, 2.75) is 38.3 Å². The summed E-state index contributed by atoms with van der Waals surface area (Å²) >= 11 is 0. The summed E-state index contributed by atoms with van der Waals surface area (Å²) in [7, 11) is 0. The zero-order chi connectivity index (χ0) is 13.9. The van der Waals surface area contributed by atoms with Crippen LogP contribution in [0.4, 0.5) is 0 Å². The third-order valence-electron chi connectivity index (χ3n) is 4.70. The van der Waals surface area contributed by atoms with Crippen molar-refractivity contribution < 1.29 is 10.2 Å². The topological polar surface area (TPSA) is 43.7 Å². The molecule has 1 aromatic carbocycles. The summed E-state index contributed by atoms with van der Waals surface area (Å²) in [5.41, 5.74) is 1.30. The van der Waals surface area contributed by atoms with Crippen LogP contribution in [0, 0.1) is 5.92 Å². The maximum Gasteiger partial charge on any atom is 0.0584 e. The molecule has 1 aliphatic heterocycles. The molecule has 0 radical (unpaired) electrons. The van der Waals surface area contributed by atoms with Crippen molar-refractivity contribution in [3.63, 3.8) is 0 Å². The number of rotatable bonds is 6. The molecule has 1 saturated heterocycles. The molecule has 0 saturated carbocycles. The van der Waals surface area contributed by atoms with Crippen LogP contribution in [0.3, 0.4) is 0 Å². The van der Waals surface area contributed by atoms with E-state index in [1.54, 1.807) is 0 Å². The maximum atomic E-state index is 9.60. The quantitative estimate of drug-likeness (QED) is 0.821. The van der Waals surface area contributed by atoms with E-state index < -0.39 is 0 Å². The molecular formula is C16H25NO2. The summed E-state index contributed by atoms with van der Waals surface area (Å²) in [4.78, 5) is 2.36. The molecule has 106 valence electrons. The fourth-order valence-corrected chi connectivity index (χ4v) is 3.30. The fraction of sp³-hybridized carbons (Fsp3) is 0.625. The lowest BCUT2D eigenvalue weighted by Crippen LogP contribution is -2.68. The van der Waals surface area contributed by atoms with Crippen LogP contribution in [0.2, 0.25) is 0 Å². The molecule has 19 heavy (non-hydrogen) atoms. The van der Waals surface area contributed by atoms with E-state index in [2.05, 4.69) is 43.0 Å². The van der Waals surface area contributed by atoms with Crippen molar-refractivity contribution in [1.29, 1.82) is 0 Å². The molecule has 0 aliphatic carbocycles. The first-order valence-electron chi connectivity index (χ1n) is 7.16. The van der Waals surface area contributed by atoms with Crippen molar-refractivity contribution in [3.05, 3.63) is 35.9 Å². The molecule has 2 N–H and O–H groups in total. The minimum absolute atomic E-state index is 0.00174. The maximum absolute atomic E-state index is 9.60. The highest BCUT2D eigenvalue weighted by Crippen LogP contribution is 2.41. The molecule has 0 aromatic heterocycles. The molecule has 2 rings (SSSR count). The van der Waals surface area contributed by atoms with E-state index in [9.17, 15) is 10.2 Å².